The summed E-state index contributed by atoms with van der Waals surface area (Å²) in [6, 6.07) is 7.65. The van der Waals surface area contributed by atoms with E-state index in [4.69, 9.17) is 0 Å². The number of hydrogen-bond acceptors (Lipinski definition) is 8. The number of halogens is 2. The molecule has 42 heavy (non-hydrogen) atoms. The van der Waals surface area contributed by atoms with Gasteiger partial charge in [-0.1, -0.05) is 6.92 Å². The Morgan fingerprint density at radius 2 is 1.69 bits per heavy atom. The Bertz CT molecular complexity index is 1540. The molecule has 5 heterocycles. The molecule has 0 amide bonds. The molecule has 0 bridgehead atoms. The first kappa shape index (κ1) is 28.4. The zero-order valence-electron chi connectivity index (χ0n) is 24.8. The van der Waals surface area contributed by atoms with Crippen LogP contribution in [0, 0.1) is 18.6 Å². The van der Waals surface area contributed by atoms with Gasteiger partial charge in [0, 0.05) is 56.9 Å². The number of rotatable bonds is 7. The lowest BCUT2D eigenvalue weighted by Crippen LogP contribution is -2.53. The predicted molar refractivity (Wildman–Crippen MR) is 162 cm³/mol. The highest BCUT2D eigenvalue weighted by Crippen LogP contribution is 2.31. The van der Waals surface area contributed by atoms with E-state index in [-0.39, 0.29) is 23.2 Å². The molecule has 6 rings (SSSR count). The SMILES string of the molecule is CCN1CCN(C2CCN(c3ccc(Nc4ncc(F)c(-c5cc(F)c6nc(C)n(C(C)C)c6c5)n4)nc3)CC2)CC1. The number of anilines is 3. The van der Waals surface area contributed by atoms with E-state index in [1.54, 1.807) is 6.07 Å². The maximum Gasteiger partial charge on any atom is 0.229 e. The fourth-order valence-corrected chi connectivity index (χ4v) is 6.38. The number of imidazole rings is 1. The molecule has 1 N–H and O–H groups in total. The molecule has 0 saturated carbocycles. The monoisotopic (exact) mass is 575 g/mol. The quantitative estimate of drug-likeness (QED) is 0.314. The molecular formula is C31H39F2N9. The highest BCUT2D eigenvalue weighted by atomic mass is 19.1. The standard InChI is InChI=1S/C31H39F2N9/c1-5-39-12-14-41(15-13-39)23-8-10-40(11-9-23)24-6-7-28(34-18-24)37-31-35-19-26(33)29(38-31)22-16-25(32)30-27(17-22)42(20(2)3)21(4)36-30/h6-7,16-20,23H,5,8-15H2,1-4H3,(H,34,35,37,38). The molecule has 2 aliphatic heterocycles. The third-order valence-electron chi connectivity index (χ3n) is 8.65. The highest BCUT2D eigenvalue weighted by molar-refractivity contribution is 5.83. The van der Waals surface area contributed by atoms with E-state index in [9.17, 15) is 4.39 Å². The minimum Gasteiger partial charge on any atom is -0.370 e. The number of fused-ring (bicyclic) bond motifs is 1. The van der Waals surface area contributed by atoms with E-state index >= 15 is 4.39 Å². The van der Waals surface area contributed by atoms with Gasteiger partial charge in [-0.25, -0.2) is 28.7 Å². The predicted octanol–water partition coefficient (Wildman–Crippen LogP) is 5.41. The van der Waals surface area contributed by atoms with Crippen LogP contribution in [0.2, 0.25) is 0 Å². The van der Waals surface area contributed by atoms with Crippen LogP contribution in [-0.4, -0.2) is 86.2 Å². The van der Waals surface area contributed by atoms with E-state index in [2.05, 4.69) is 46.9 Å². The van der Waals surface area contributed by atoms with Crippen molar-refractivity contribution in [2.75, 3.05) is 56.0 Å². The average Bonchev–Trinajstić information content (AvgIpc) is 3.35. The van der Waals surface area contributed by atoms with Gasteiger partial charge in [-0.15, -0.1) is 0 Å². The number of pyridine rings is 1. The second-order valence-corrected chi connectivity index (χ2v) is 11.6. The number of nitrogens with one attached hydrogen (secondary N) is 1. The summed E-state index contributed by atoms with van der Waals surface area (Å²) in [5, 5.41) is 3.07. The van der Waals surface area contributed by atoms with Crippen LogP contribution in [0.3, 0.4) is 0 Å². The van der Waals surface area contributed by atoms with E-state index in [1.807, 2.05) is 43.7 Å². The molecule has 2 aliphatic rings. The smallest absolute Gasteiger partial charge is 0.229 e. The maximum absolute atomic E-state index is 15.0. The van der Waals surface area contributed by atoms with Crippen LogP contribution in [0.25, 0.3) is 22.3 Å². The van der Waals surface area contributed by atoms with E-state index in [0.29, 0.717) is 28.8 Å². The number of likely N-dealkylation sites (N-methyl/N-ethyl adjacent to an activating group) is 1. The largest absolute Gasteiger partial charge is 0.370 e. The van der Waals surface area contributed by atoms with E-state index in [1.165, 1.54) is 32.2 Å². The Labute approximate surface area is 245 Å². The lowest BCUT2D eigenvalue weighted by molar-refractivity contribution is 0.0878. The molecule has 3 aromatic heterocycles. The van der Waals surface area contributed by atoms with Gasteiger partial charge in [0.1, 0.15) is 22.9 Å². The Balaban J connectivity index is 1.13. The first-order chi connectivity index (χ1) is 20.3. The van der Waals surface area contributed by atoms with Crippen molar-refractivity contribution in [3.8, 4) is 11.3 Å². The second-order valence-electron chi connectivity index (χ2n) is 11.6. The van der Waals surface area contributed by atoms with Crippen LogP contribution in [0.4, 0.5) is 26.2 Å². The van der Waals surface area contributed by atoms with Crippen molar-refractivity contribution in [3.05, 3.63) is 54.1 Å². The summed E-state index contributed by atoms with van der Waals surface area (Å²) < 4.78 is 31.9. The van der Waals surface area contributed by atoms with Crippen molar-refractivity contribution >= 4 is 28.5 Å². The number of nitrogens with zero attached hydrogens (tertiary/aromatic N) is 8. The van der Waals surface area contributed by atoms with Crippen molar-refractivity contribution in [3.63, 3.8) is 0 Å². The van der Waals surface area contributed by atoms with Crippen molar-refractivity contribution in [2.45, 2.75) is 52.6 Å². The van der Waals surface area contributed by atoms with Gasteiger partial charge in [0.15, 0.2) is 11.6 Å². The summed E-state index contributed by atoms with van der Waals surface area (Å²) in [5.74, 6) is 0.286. The van der Waals surface area contributed by atoms with Gasteiger partial charge >= 0.3 is 0 Å². The van der Waals surface area contributed by atoms with Gasteiger partial charge in [0.2, 0.25) is 5.95 Å². The first-order valence-electron chi connectivity index (χ1n) is 15.0. The second kappa shape index (κ2) is 11.9. The highest BCUT2D eigenvalue weighted by Gasteiger charge is 2.27. The van der Waals surface area contributed by atoms with Crippen LogP contribution < -0.4 is 10.2 Å². The van der Waals surface area contributed by atoms with Crippen LogP contribution in [0.15, 0.2) is 36.7 Å². The number of benzene rings is 1. The molecule has 1 aromatic carbocycles. The molecule has 0 unspecified atom stereocenters. The summed E-state index contributed by atoms with van der Waals surface area (Å²) in [6.45, 7) is 15.9. The summed E-state index contributed by atoms with van der Waals surface area (Å²) >= 11 is 0. The fourth-order valence-electron chi connectivity index (χ4n) is 6.38. The Morgan fingerprint density at radius 3 is 2.36 bits per heavy atom. The van der Waals surface area contributed by atoms with E-state index < -0.39 is 11.6 Å². The number of piperidine rings is 1. The normalized spacial score (nSPS) is 17.5. The van der Waals surface area contributed by atoms with Crippen LogP contribution in [0.1, 0.15) is 45.5 Å². The van der Waals surface area contributed by atoms with Crippen molar-refractivity contribution in [2.24, 2.45) is 0 Å². The molecule has 4 aromatic rings. The number of piperazine rings is 1. The van der Waals surface area contributed by atoms with Crippen LogP contribution in [-0.2, 0) is 0 Å². The average molecular weight is 576 g/mol. The van der Waals surface area contributed by atoms with Gasteiger partial charge in [-0.2, -0.15) is 0 Å². The number of aromatic nitrogens is 5. The maximum atomic E-state index is 15.0. The van der Waals surface area contributed by atoms with Gasteiger partial charge in [0.25, 0.3) is 0 Å². The van der Waals surface area contributed by atoms with Gasteiger partial charge in [0.05, 0.1) is 23.6 Å². The fraction of sp³-hybridized carbons (Fsp3) is 0.484. The lowest BCUT2D eigenvalue weighted by Gasteiger charge is -2.43. The summed E-state index contributed by atoms with van der Waals surface area (Å²) in [5.41, 5.74) is 2.28. The topological polar surface area (TPSA) is 78.2 Å². The van der Waals surface area contributed by atoms with Crippen molar-refractivity contribution < 1.29 is 8.78 Å². The Kier molecular flexibility index (Phi) is 8.04. The van der Waals surface area contributed by atoms with Crippen molar-refractivity contribution in [1.29, 1.82) is 0 Å². The van der Waals surface area contributed by atoms with E-state index in [0.717, 1.165) is 44.4 Å². The van der Waals surface area contributed by atoms with Gasteiger partial charge < -0.3 is 19.7 Å². The number of aryl methyl sites for hydroxylation is 1. The summed E-state index contributed by atoms with van der Waals surface area (Å²) in [4.78, 5) is 25.0. The minimum atomic E-state index is -0.634. The lowest BCUT2D eigenvalue weighted by atomic mass is 10.0. The minimum absolute atomic E-state index is 0.0121. The molecule has 2 fully saturated rings. The zero-order chi connectivity index (χ0) is 29.4. The molecule has 0 aliphatic carbocycles. The first-order valence-corrected chi connectivity index (χ1v) is 15.0. The summed E-state index contributed by atoms with van der Waals surface area (Å²) in [6.07, 6.45) is 5.26. The molecule has 0 atom stereocenters. The zero-order valence-corrected chi connectivity index (χ0v) is 24.8. The van der Waals surface area contributed by atoms with Crippen LogP contribution >= 0.6 is 0 Å². The summed E-state index contributed by atoms with van der Waals surface area (Å²) in [7, 11) is 0. The third kappa shape index (κ3) is 5.67. The molecule has 0 spiro atoms. The molecule has 9 nitrogen and oxygen atoms in total. The molecule has 0 radical (unpaired) electrons. The number of hydrogen-bond donors (Lipinski definition) is 1. The van der Waals surface area contributed by atoms with Crippen LogP contribution in [0.5, 0.6) is 0 Å². The van der Waals surface area contributed by atoms with Gasteiger partial charge in [-0.3, -0.25) is 4.90 Å². The molecule has 11 heteroatoms. The molecule has 2 saturated heterocycles. The third-order valence-corrected chi connectivity index (χ3v) is 8.65. The van der Waals surface area contributed by atoms with Crippen molar-refractivity contribution in [1.82, 2.24) is 34.3 Å². The Morgan fingerprint density at radius 1 is 0.929 bits per heavy atom. The van der Waals surface area contributed by atoms with Gasteiger partial charge in [-0.05, 0) is 64.4 Å². The molecule has 222 valence electrons. The molecular weight excluding hydrogens is 536 g/mol. The Hall–Kier alpha value is -3.70.